The summed E-state index contributed by atoms with van der Waals surface area (Å²) in [5.74, 6) is 4.10. The average Bonchev–Trinajstić information content (AvgIpc) is 2.80. The second-order valence-electron chi connectivity index (χ2n) is 5.99. The van der Waals surface area contributed by atoms with Crippen LogP contribution in [0, 0.1) is 17.8 Å². The molecule has 1 saturated carbocycles. The van der Waals surface area contributed by atoms with E-state index in [1.165, 1.54) is 57.4 Å². The van der Waals surface area contributed by atoms with E-state index in [4.69, 9.17) is 0 Å². The first kappa shape index (κ1) is 15.4. The van der Waals surface area contributed by atoms with E-state index < -0.39 is 0 Å². The number of hydrogen-bond acceptors (Lipinski definition) is 2. The fourth-order valence-electron chi connectivity index (χ4n) is 2.98. The van der Waals surface area contributed by atoms with Crippen LogP contribution in [0.4, 0.5) is 0 Å². The lowest BCUT2D eigenvalue weighted by Gasteiger charge is -2.24. The molecule has 0 aliphatic heterocycles. The Morgan fingerprint density at radius 3 is 2.47 bits per heavy atom. The molecule has 1 nitrogen and oxygen atoms in total. The van der Waals surface area contributed by atoms with Gasteiger partial charge in [0.1, 0.15) is 0 Å². The minimum Gasteiger partial charge on any atom is -0.316 e. The van der Waals surface area contributed by atoms with Crippen molar-refractivity contribution in [2.45, 2.75) is 52.4 Å². The van der Waals surface area contributed by atoms with E-state index >= 15 is 0 Å². The lowest BCUT2D eigenvalue weighted by Crippen LogP contribution is -2.30. The molecule has 1 N–H and O–H groups in total. The van der Waals surface area contributed by atoms with E-state index in [-0.39, 0.29) is 0 Å². The zero-order chi connectivity index (χ0) is 12.5. The highest BCUT2D eigenvalue weighted by Crippen LogP contribution is 2.33. The van der Waals surface area contributed by atoms with Gasteiger partial charge in [0, 0.05) is 0 Å². The van der Waals surface area contributed by atoms with E-state index in [0.717, 1.165) is 17.8 Å². The fourth-order valence-corrected chi connectivity index (χ4v) is 3.44. The van der Waals surface area contributed by atoms with Gasteiger partial charge in [-0.2, -0.15) is 11.8 Å². The first-order chi connectivity index (χ1) is 8.24. The molecule has 0 bridgehead atoms. The summed E-state index contributed by atoms with van der Waals surface area (Å²) in [5, 5.41) is 3.68. The Morgan fingerprint density at radius 1 is 1.18 bits per heavy atom. The molecule has 0 amide bonds. The fraction of sp³-hybridized carbons (Fsp3) is 1.00. The van der Waals surface area contributed by atoms with Gasteiger partial charge < -0.3 is 5.32 Å². The van der Waals surface area contributed by atoms with Crippen molar-refractivity contribution in [1.29, 1.82) is 0 Å². The van der Waals surface area contributed by atoms with Gasteiger partial charge >= 0.3 is 0 Å². The van der Waals surface area contributed by atoms with E-state index in [0.29, 0.717) is 0 Å². The van der Waals surface area contributed by atoms with E-state index in [1.54, 1.807) is 0 Å². The third kappa shape index (κ3) is 6.71. The normalized spacial score (nSPS) is 19.1. The van der Waals surface area contributed by atoms with Crippen LogP contribution in [0.15, 0.2) is 0 Å². The molecule has 1 fully saturated rings. The molecule has 2 heteroatoms. The van der Waals surface area contributed by atoms with Gasteiger partial charge in [-0.05, 0) is 55.7 Å². The van der Waals surface area contributed by atoms with Gasteiger partial charge in [-0.1, -0.05) is 39.5 Å². The summed E-state index contributed by atoms with van der Waals surface area (Å²) in [5.41, 5.74) is 0. The Bertz CT molecular complexity index is 176. The maximum Gasteiger partial charge on any atom is -0.00178 e. The molecule has 0 radical (unpaired) electrons. The van der Waals surface area contributed by atoms with Crippen molar-refractivity contribution in [1.82, 2.24) is 5.32 Å². The molecule has 1 aliphatic carbocycles. The molecule has 0 spiro atoms. The summed E-state index contributed by atoms with van der Waals surface area (Å²) in [6.45, 7) is 7.04. The number of thioether (sulfide) groups is 1. The molecule has 102 valence electrons. The Morgan fingerprint density at radius 2 is 1.88 bits per heavy atom. The van der Waals surface area contributed by atoms with E-state index in [9.17, 15) is 0 Å². The maximum absolute atomic E-state index is 3.68. The Hall–Kier alpha value is 0.310. The highest BCUT2D eigenvalue weighted by atomic mass is 32.2. The van der Waals surface area contributed by atoms with Gasteiger partial charge in [0.05, 0.1) is 0 Å². The predicted octanol–water partition coefficient (Wildman–Crippen LogP) is 4.18. The SMILES string of the molecule is CSCCCC(CNCC(C)C)C1CCCC1. The van der Waals surface area contributed by atoms with Crippen molar-refractivity contribution in [2.24, 2.45) is 17.8 Å². The van der Waals surface area contributed by atoms with Crippen LogP contribution in [-0.2, 0) is 0 Å². The molecule has 0 aromatic carbocycles. The van der Waals surface area contributed by atoms with Crippen LogP contribution in [-0.4, -0.2) is 25.1 Å². The highest BCUT2D eigenvalue weighted by Gasteiger charge is 2.24. The van der Waals surface area contributed by atoms with Crippen molar-refractivity contribution in [3.8, 4) is 0 Å². The van der Waals surface area contributed by atoms with Crippen LogP contribution in [0.1, 0.15) is 52.4 Å². The van der Waals surface area contributed by atoms with Crippen LogP contribution in [0.25, 0.3) is 0 Å². The Labute approximate surface area is 113 Å². The van der Waals surface area contributed by atoms with Gasteiger partial charge in [-0.25, -0.2) is 0 Å². The number of hydrogen-bond donors (Lipinski definition) is 1. The average molecular weight is 257 g/mol. The molecule has 1 unspecified atom stereocenters. The van der Waals surface area contributed by atoms with Crippen LogP contribution in [0.5, 0.6) is 0 Å². The Balaban J connectivity index is 2.24. The minimum atomic E-state index is 0.783. The third-order valence-electron chi connectivity index (χ3n) is 3.95. The number of nitrogens with one attached hydrogen (secondary N) is 1. The lowest BCUT2D eigenvalue weighted by molar-refractivity contribution is 0.299. The van der Waals surface area contributed by atoms with Crippen molar-refractivity contribution < 1.29 is 0 Å². The standard InChI is InChI=1S/C15H31NS/c1-13(2)11-16-12-15(9-6-10-17-3)14-7-4-5-8-14/h13-16H,4-12H2,1-3H3. The molecule has 1 atom stereocenters. The van der Waals surface area contributed by atoms with Crippen molar-refractivity contribution in [3.05, 3.63) is 0 Å². The molecular formula is C15H31NS. The quantitative estimate of drug-likeness (QED) is 0.622. The summed E-state index contributed by atoms with van der Waals surface area (Å²) in [4.78, 5) is 0. The van der Waals surface area contributed by atoms with Gasteiger partial charge in [-0.15, -0.1) is 0 Å². The number of rotatable bonds is 9. The molecular weight excluding hydrogens is 226 g/mol. The molecule has 0 aromatic rings. The Kier molecular flexibility index (Phi) is 8.38. The molecule has 0 aromatic heterocycles. The summed E-state index contributed by atoms with van der Waals surface area (Å²) >= 11 is 1.99. The lowest BCUT2D eigenvalue weighted by atomic mass is 9.87. The van der Waals surface area contributed by atoms with Gasteiger partial charge in [-0.3, -0.25) is 0 Å². The first-order valence-corrected chi connectivity index (χ1v) is 8.83. The molecule has 1 aliphatic rings. The van der Waals surface area contributed by atoms with Crippen LogP contribution in [0.3, 0.4) is 0 Å². The van der Waals surface area contributed by atoms with Crippen molar-refractivity contribution >= 4 is 11.8 Å². The second kappa shape index (κ2) is 9.27. The molecule has 0 heterocycles. The smallest absolute Gasteiger partial charge is 0.00178 e. The van der Waals surface area contributed by atoms with Crippen LogP contribution in [0.2, 0.25) is 0 Å². The van der Waals surface area contributed by atoms with Crippen molar-refractivity contribution in [2.75, 3.05) is 25.1 Å². The molecule has 1 rings (SSSR count). The minimum absolute atomic E-state index is 0.783. The van der Waals surface area contributed by atoms with E-state index in [1.807, 2.05) is 11.8 Å². The van der Waals surface area contributed by atoms with Crippen molar-refractivity contribution in [3.63, 3.8) is 0 Å². The summed E-state index contributed by atoms with van der Waals surface area (Å²) in [6.07, 6.45) is 11.0. The summed E-state index contributed by atoms with van der Waals surface area (Å²) in [6, 6.07) is 0. The van der Waals surface area contributed by atoms with Gasteiger partial charge in [0.2, 0.25) is 0 Å². The largest absolute Gasteiger partial charge is 0.316 e. The van der Waals surface area contributed by atoms with E-state index in [2.05, 4.69) is 25.4 Å². The molecule has 17 heavy (non-hydrogen) atoms. The highest BCUT2D eigenvalue weighted by molar-refractivity contribution is 7.98. The topological polar surface area (TPSA) is 12.0 Å². The maximum atomic E-state index is 3.68. The first-order valence-electron chi connectivity index (χ1n) is 7.43. The predicted molar refractivity (Wildman–Crippen MR) is 80.8 cm³/mol. The summed E-state index contributed by atoms with van der Waals surface area (Å²) in [7, 11) is 0. The third-order valence-corrected chi connectivity index (χ3v) is 4.65. The van der Waals surface area contributed by atoms with Gasteiger partial charge in [0.25, 0.3) is 0 Å². The van der Waals surface area contributed by atoms with Gasteiger partial charge in [0.15, 0.2) is 0 Å². The monoisotopic (exact) mass is 257 g/mol. The second-order valence-corrected chi connectivity index (χ2v) is 6.98. The van der Waals surface area contributed by atoms with Crippen LogP contribution < -0.4 is 5.32 Å². The summed E-state index contributed by atoms with van der Waals surface area (Å²) < 4.78 is 0. The van der Waals surface area contributed by atoms with Crippen LogP contribution >= 0.6 is 11.8 Å². The zero-order valence-corrected chi connectivity index (χ0v) is 12.8. The molecule has 0 saturated heterocycles. The zero-order valence-electron chi connectivity index (χ0n) is 12.0.